The maximum absolute atomic E-state index is 4.80. The van der Waals surface area contributed by atoms with Crippen LogP contribution in [0.15, 0.2) is 0 Å². The van der Waals surface area contributed by atoms with E-state index < -0.39 is 0 Å². The molecule has 0 aromatic carbocycles. The lowest BCUT2D eigenvalue weighted by Crippen LogP contribution is -2.14. The van der Waals surface area contributed by atoms with Crippen molar-refractivity contribution in [2.24, 2.45) is 5.41 Å². The van der Waals surface area contributed by atoms with Crippen molar-refractivity contribution in [1.82, 2.24) is 15.1 Å². The maximum atomic E-state index is 4.80. The van der Waals surface area contributed by atoms with Crippen LogP contribution in [0, 0.1) is 5.41 Å². The van der Waals surface area contributed by atoms with Crippen molar-refractivity contribution in [3.05, 3.63) is 17.0 Å². The number of aryl methyl sites for hydroxylation is 2. The number of rotatable bonds is 6. The molecule has 0 saturated heterocycles. The Morgan fingerprint density at radius 1 is 1.17 bits per heavy atom. The highest BCUT2D eigenvalue weighted by atomic mass is 15.3. The van der Waals surface area contributed by atoms with Crippen LogP contribution in [-0.2, 0) is 25.9 Å². The minimum Gasteiger partial charge on any atom is -0.316 e. The van der Waals surface area contributed by atoms with E-state index in [0.29, 0.717) is 5.41 Å². The van der Waals surface area contributed by atoms with Gasteiger partial charge in [-0.25, -0.2) is 0 Å². The van der Waals surface area contributed by atoms with Gasteiger partial charge < -0.3 is 5.32 Å². The molecule has 3 nitrogen and oxygen atoms in total. The van der Waals surface area contributed by atoms with Gasteiger partial charge in [0, 0.05) is 24.3 Å². The molecular formula is C15H29N3. The Labute approximate surface area is 112 Å². The van der Waals surface area contributed by atoms with Gasteiger partial charge in [0.05, 0.1) is 5.69 Å². The summed E-state index contributed by atoms with van der Waals surface area (Å²) in [6, 6.07) is 0. The Morgan fingerprint density at radius 3 is 2.28 bits per heavy atom. The summed E-state index contributed by atoms with van der Waals surface area (Å²) in [5.41, 5.74) is 4.45. The van der Waals surface area contributed by atoms with Crippen molar-refractivity contribution < 1.29 is 0 Å². The number of nitrogens with one attached hydrogen (secondary N) is 1. The molecule has 1 aromatic rings. The lowest BCUT2D eigenvalue weighted by molar-refractivity contribution is 0.337. The van der Waals surface area contributed by atoms with E-state index in [1.807, 2.05) is 7.05 Å². The summed E-state index contributed by atoms with van der Waals surface area (Å²) >= 11 is 0. The van der Waals surface area contributed by atoms with Crippen molar-refractivity contribution in [2.75, 3.05) is 7.05 Å². The molecule has 0 aliphatic carbocycles. The fraction of sp³-hybridized carbons (Fsp3) is 0.800. The molecule has 0 fully saturated rings. The average Bonchev–Trinajstić information content (AvgIpc) is 2.63. The zero-order valence-corrected chi connectivity index (χ0v) is 12.9. The van der Waals surface area contributed by atoms with Gasteiger partial charge in [0.25, 0.3) is 0 Å². The van der Waals surface area contributed by atoms with Crippen LogP contribution in [0.1, 0.15) is 58.0 Å². The Bertz CT molecular complexity index is 372. The molecule has 0 unspecified atom stereocenters. The van der Waals surface area contributed by atoms with Crippen molar-refractivity contribution in [3.8, 4) is 0 Å². The third-order valence-corrected chi connectivity index (χ3v) is 3.35. The van der Waals surface area contributed by atoms with E-state index in [9.17, 15) is 0 Å². The van der Waals surface area contributed by atoms with Gasteiger partial charge in [-0.1, -0.05) is 34.6 Å². The average molecular weight is 251 g/mol. The monoisotopic (exact) mass is 251 g/mol. The second kappa shape index (κ2) is 6.37. The van der Waals surface area contributed by atoms with Gasteiger partial charge in [0.2, 0.25) is 0 Å². The highest BCUT2D eigenvalue weighted by Gasteiger charge is 2.17. The SMILES string of the molecule is CCc1nn(CCC(C)(C)C)c(CC)c1CNC. The molecule has 18 heavy (non-hydrogen) atoms. The van der Waals surface area contributed by atoms with E-state index in [2.05, 4.69) is 44.6 Å². The first kappa shape index (κ1) is 15.2. The molecule has 3 heteroatoms. The number of nitrogens with zero attached hydrogens (tertiary/aromatic N) is 2. The largest absolute Gasteiger partial charge is 0.316 e. The summed E-state index contributed by atoms with van der Waals surface area (Å²) in [6.07, 6.45) is 3.25. The van der Waals surface area contributed by atoms with E-state index in [4.69, 9.17) is 5.10 Å². The van der Waals surface area contributed by atoms with E-state index in [-0.39, 0.29) is 0 Å². The van der Waals surface area contributed by atoms with E-state index in [1.165, 1.54) is 23.4 Å². The quantitative estimate of drug-likeness (QED) is 0.841. The molecule has 0 spiro atoms. The molecule has 1 aromatic heterocycles. The molecule has 0 bridgehead atoms. The van der Waals surface area contributed by atoms with Crippen LogP contribution in [0.5, 0.6) is 0 Å². The molecule has 0 atom stereocenters. The summed E-state index contributed by atoms with van der Waals surface area (Å²) in [5, 5.41) is 8.06. The predicted octanol–water partition coefficient (Wildman–Crippen LogP) is 3.16. The zero-order chi connectivity index (χ0) is 13.8. The van der Waals surface area contributed by atoms with Gasteiger partial charge in [-0.3, -0.25) is 4.68 Å². The molecule has 0 aliphatic rings. The maximum Gasteiger partial charge on any atom is 0.0669 e. The summed E-state index contributed by atoms with van der Waals surface area (Å²) in [6.45, 7) is 13.2. The van der Waals surface area contributed by atoms with Gasteiger partial charge >= 0.3 is 0 Å². The van der Waals surface area contributed by atoms with Gasteiger partial charge in [0.1, 0.15) is 0 Å². The van der Waals surface area contributed by atoms with Crippen LogP contribution < -0.4 is 5.32 Å². The number of hydrogen-bond acceptors (Lipinski definition) is 2. The summed E-state index contributed by atoms with van der Waals surface area (Å²) in [4.78, 5) is 0. The lowest BCUT2D eigenvalue weighted by atomic mass is 9.92. The smallest absolute Gasteiger partial charge is 0.0669 e. The van der Waals surface area contributed by atoms with Gasteiger partial charge in [-0.2, -0.15) is 5.10 Å². The second-order valence-electron chi connectivity index (χ2n) is 6.14. The summed E-state index contributed by atoms with van der Waals surface area (Å²) in [7, 11) is 2.01. The minimum absolute atomic E-state index is 0.368. The normalized spacial score (nSPS) is 12.1. The van der Waals surface area contributed by atoms with Crippen molar-refractivity contribution in [1.29, 1.82) is 0 Å². The molecule has 1 heterocycles. The topological polar surface area (TPSA) is 29.9 Å². The van der Waals surface area contributed by atoms with E-state index in [0.717, 1.165) is 25.9 Å². The van der Waals surface area contributed by atoms with E-state index in [1.54, 1.807) is 0 Å². The van der Waals surface area contributed by atoms with Crippen molar-refractivity contribution in [3.63, 3.8) is 0 Å². The molecule has 1 N–H and O–H groups in total. The van der Waals surface area contributed by atoms with Crippen LogP contribution in [0.25, 0.3) is 0 Å². The number of aromatic nitrogens is 2. The lowest BCUT2D eigenvalue weighted by Gasteiger charge is -2.18. The molecule has 0 amide bonds. The Hall–Kier alpha value is -0.830. The zero-order valence-electron chi connectivity index (χ0n) is 12.9. The van der Waals surface area contributed by atoms with Crippen LogP contribution in [-0.4, -0.2) is 16.8 Å². The Kier molecular flexibility index (Phi) is 5.39. The first-order chi connectivity index (χ1) is 8.42. The third-order valence-electron chi connectivity index (χ3n) is 3.35. The molecular weight excluding hydrogens is 222 g/mol. The number of hydrogen-bond donors (Lipinski definition) is 1. The van der Waals surface area contributed by atoms with Crippen LogP contribution in [0.4, 0.5) is 0 Å². The standard InChI is InChI=1S/C15H29N3/c1-7-13-12(11-16-6)14(8-2)18(17-13)10-9-15(3,4)5/h16H,7-11H2,1-6H3. The highest BCUT2D eigenvalue weighted by Crippen LogP contribution is 2.22. The third kappa shape index (κ3) is 3.84. The van der Waals surface area contributed by atoms with Crippen molar-refractivity contribution in [2.45, 2.75) is 67.0 Å². The van der Waals surface area contributed by atoms with Gasteiger partial charge in [0.15, 0.2) is 0 Å². The molecule has 1 rings (SSSR count). The minimum atomic E-state index is 0.368. The van der Waals surface area contributed by atoms with E-state index >= 15 is 0 Å². The fourth-order valence-corrected chi connectivity index (χ4v) is 2.28. The summed E-state index contributed by atoms with van der Waals surface area (Å²) < 4.78 is 2.23. The van der Waals surface area contributed by atoms with Crippen LogP contribution in [0.2, 0.25) is 0 Å². The van der Waals surface area contributed by atoms with Crippen molar-refractivity contribution >= 4 is 0 Å². The predicted molar refractivity (Wildman–Crippen MR) is 77.8 cm³/mol. The first-order valence-electron chi connectivity index (χ1n) is 7.15. The van der Waals surface area contributed by atoms with Gasteiger partial charge in [-0.05, 0) is 31.7 Å². The summed E-state index contributed by atoms with van der Waals surface area (Å²) in [5.74, 6) is 0. The first-order valence-corrected chi connectivity index (χ1v) is 7.15. The Morgan fingerprint density at radius 2 is 1.83 bits per heavy atom. The fourth-order valence-electron chi connectivity index (χ4n) is 2.28. The highest BCUT2D eigenvalue weighted by molar-refractivity contribution is 5.26. The second-order valence-corrected chi connectivity index (χ2v) is 6.14. The molecule has 0 saturated carbocycles. The molecule has 0 aliphatic heterocycles. The van der Waals surface area contributed by atoms with Crippen LogP contribution >= 0.6 is 0 Å². The molecule has 0 radical (unpaired) electrons. The molecule has 104 valence electrons. The van der Waals surface area contributed by atoms with Crippen LogP contribution in [0.3, 0.4) is 0 Å². The Balaban J connectivity index is 2.96. The van der Waals surface area contributed by atoms with Gasteiger partial charge in [-0.15, -0.1) is 0 Å².